The number of hydrogen-bond acceptors (Lipinski definition) is 2. The van der Waals surface area contributed by atoms with Crippen molar-refractivity contribution in [3.8, 4) is 16.9 Å². The quantitative estimate of drug-likeness (QED) is 0.382. The molecule has 3 nitrogen and oxygen atoms in total. The van der Waals surface area contributed by atoms with Gasteiger partial charge in [-0.15, -0.1) is 0 Å². The number of pyridine rings is 1. The Balaban J connectivity index is 2.02. The van der Waals surface area contributed by atoms with Crippen LogP contribution in [0, 0.1) is 6.92 Å². The van der Waals surface area contributed by atoms with Gasteiger partial charge in [-0.25, -0.2) is 0 Å². The first-order valence-corrected chi connectivity index (χ1v) is 9.53. The standard InChI is InChI=1S/C22H15BrClNO2/c1-13-5-6-15(12-17(13)24)19-20(23)18-4-2-3-11-25(18)21(19)22(27)14-7-9-16(26)10-8-14/h2-12,26H,1H3. The van der Waals surface area contributed by atoms with Crippen molar-refractivity contribution in [1.82, 2.24) is 4.40 Å². The molecule has 0 aliphatic carbocycles. The number of carbonyl (C=O) groups excluding carboxylic acids is 1. The molecule has 1 N–H and O–H groups in total. The summed E-state index contributed by atoms with van der Waals surface area (Å²) in [7, 11) is 0. The van der Waals surface area contributed by atoms with E-state index in [1.54, 1.807) is 12.1 Å². The van der Waals surface area contributed by atoms with Crippen molar-refractivity contribution in [3.05, 3.63) is 93.2 Å². The van der Waals surface area contributed by atoms with Gasteiger partial charge < -0.3 is 9.51 Å². The number of rotatable bonds is 3. The first kappa shape index (κ1) is 17.8. The molecule has 2 heterocycles. The van der Waals surface area contributed by atoms with Crippen molar-refractivity contribution in [2.45, 2.75) is 6.92 Å². The van der Waals surface area contributed by atoms with Gasteiger partial charge in [-0.2, -0.15) is 0 Å². The van der Waals surface area contributed by atoms with E-state index in [2.05, 4.69) is 15.9 Å². The molecule has 2 aromatic carbocycles. The fourth-order valence-corrected chi connectivity index (χ4v) is 4.07. The Morgan fingerprint density at radius 2 is 1.81 bits per heavy atom. The highest BCUT2D eigenvalue weighted by molar-refractivity contribution is 9.10. The van der Waals surface area contributed by atoms with Gasteiger partial charge in [0.05, 0.1) is 9.99 Å². The van der Waals surface area contributed by atoms with E-state index in [9.17, 15) is 9.90 Å². The summed E-state index contributed by atoms with van der Waals surface area (Å²) in [6, 6.07) is 17.8. The Morgan fingerprint density at radius 3 is 2.52 bits per heavy atom. The van der Waals surface area contributed by atoms with Gasteiger partial charge in [0.25, 0.3) is 0 Å². The van der Waals surface area contributed by atoms with Crippen LogP contribution < -0.4 is 0 Å². The molecule has 0 saturated heterocycles. The Kier molecular flexibility index (Phi) is 4.54. The van der Waals surface area contributed by atoms with Crippen molar-refractivity contribution in [3.63, 3.8) is 0 Å². The number of hydrogen-bond donors (Lipinski definition) is 1. The van der Waals surface area contributed by atoms with E-state index in [0.717, 1.165) is 26.7 Å². The number of aromatic hydroxyl groups is 1. The number of aryl methyl sites for hydroxylation is 1. The van der Waals surface area contributed by atoms with Crippen LogP contribution in [-0.4, -0.2) is 15.3 Å². The fraction of sp³-hybridized carbons (Fsp3) is 0.0455. The summed E-state index contributed by atoms with van der Waals surface area (Å²) in [5.74, 6) is -0.00751. The molecule has 0 saturated carbocycles. The molecule has 134 valence electrons. The third-order valence-electron chi connectivity index (χ3n) is 4.59. The zero-order valence-corrected chi connectivity index (χ0v) is 16.8. The first-order chi connectivity index (χ1) is 13.0. The number of aromatic nitrogens is 1. The van der Waals surface area contributed by atoms with E-state index in [-0.39, 0.29) is 11.5 Å². The molecule has 0 radical (unpaired) electrons. The Hall–Kier alpha value is -2.56. The lowest BCUT2D eigenvalue weighted by Crippen LogP contribution is -2.06. The molecule has 5 heteroatoms. The van der Waals surface area contributed by atoms with Crippen molar-refractivity contribution in [2.75, 3.05) is 0 Å². The molecule has 2 aromatic heterocycles. The highest BCUT2D eigenvalue weighted by Crippen LogP contribution is 2.39. The van der Waals surface area contributed by atoms with E-state index in [1.807, 2.05) is 53.9 Å². The van der Waals surface area contributed by atoms with Crippen LogP contribution in [-0.2, 0) is 0 Å². The lowest BCUT2D eigenvalue weighted by atomic mass is 9.99. The second-order valence-corrected chi connectivity index (χ2v) is 7.53. The molecule has 0 atom stereocenters. The van der Waals surface area contributed by atoms with Gasteiger partial charge in [0, 0.05) is 22.3 Å². The van der Waals surface area contributed by atoms with Gasteiger partial charge in [-0.3, -0.25) is 4.79 Å². The van der Waals surface area contributed by atoms with Crippen LogP contribution in [0.4, 0.5) is 0 Å². The summed E-state index contributed by atoms with van der Waals surface area (Å²) in [5.41, 5.74) is 4.58. The number of halogens is 2. The van der Waals surface area contributed by atoms with Crippen molar-refractivity contribution in [2.24, 2.45) is 0 Å². The van der Waals surface area contributed by atoms with Crippen molar-refractivity contribution in [1.29, 1.82) is 0 Å². The van der Waals surface area contributed by atoms with Crippen LogP contribution in [0.15, 0.2) is 71.3 Å². The Labute approximate surface area is 170 Å². The van der Waals surface area contributed by atoms with Gasteiger partial charge in [0.2, 0.25) is 5.78 Å². The van der Waals surface area contributed by atoms with Gasteiger partial charge in [0.1, 0.15) is 11.4 Å². The van der Waals surface area contributed by atoms with E-state index in [1.165, 1.54) is 12.1 Å². The summed E-state index contributed by atoms with van der Waals surface area (Å²) in [5, 5.41) is 10.2. The number of phenols is 1. The summed E-state index contributed by atoms with van der Waals surface area (Å²) >= 11 is 10.0. The Morgan fingerprint density at radius 1 is 1.07 bits per heavy atom. The van der Waals surface area contributed by atoms with Crippen LogP contribution >= 0.6 is 27.5 Å². The highest BCUT2D eigenvalue weighted by Gasteiger charge is 2.24. The molecule has 0 unspecified atom stereocenters. The van der Waals surface area contributed by atoms with Crippen LogP contribution in [0.1, 0.15) is 21.6 Å². The zero-order valence-electron chi connectivity index (χ0n) is 14.4. The number of carbonyl (C=O) groups is 1. The SMILES string of the molecule is Cc1ccc(-c2c(Br)c3ccccn3c2C(=O)c2ccc(O)cc2)cc1Cl. The fourth-order valence-electron chi connectivity index (χ4n) is 3.15. The van der Waals surface area contributed by atoms with Gasteiger partial charge >= 0.3 is 0 Å². The number of nitrogens with zero attached hydrogens (tertiary/aromatic N) is 1. The topological polar surface area (TPSA) is 41.7 Å². The Bertz CT molecular complexity index is 1180. The largest absolute Gasteiger partial charge is 0.508 e. The maximum Gasteiger partial charge on any atom is 0.210 e. The third-order valence-corrected chi connectivity index (χ3v) is 5.80. The lowest BCUT2D eigenvalue weighted by molar-refractivity contribution is 0.103. The van der Waals surface area contributed by atoms with Gasteiger partial charge in [0.15, 0.2) is 0 Å². The molecule has 4 aromatic rings. The summed E-state index contributed by atoms with van der Waals surface area (Å²) < 4.78 is 2.72. The monoisotopic (exact) mass is 439 g/mol. The lowest BCUT2D eigenvalue weighted by Gasteiger charge is -2.08. The minimum Gasteiger partial charge on any atom is -0.508 e. The molecule has 0 aliphatic heterocycles. The van der Waals surface area contributed by atoms with Gasteiger partial charge in [-0.1, -0.05) is 29.8 Å². The predicted octanol–water partition coefficient (Wildman–Crippen LogP) is 6.27. The minimum absolute atomic E-state index is 0.123. The molecule has 0 spiro atoms. The van der Waals surface area contributed by atoms with Crippen molar-refractivity contribution >= 4 is 38.8 Å². The summed E-state index contributed by atoms with van der Waals surface area (Å²) in [6.07, 6.45) is 1.87. The van der Waals surface area contributed by atoms with Crippen LogP contribution in [0.2, 0.25) is 5.02 Å². The second kappa shape index (κ2) is 6.87. The molecule has 0 aliphatic rings. The molecule has 27 heavy (non-hydrogen) atoms. The number of benzene rings is 2. The van der Waals surface area contributed by atoms with E-state index < -0.39 is 0 Å². The number of fused-ring (bicyclic) bond motifs is 1. The normalized spacial score (nSPS) is 11.1. The highest BCUT2D eigenvalue weighted by atomic mass is 79.9. The van der Waals surface area contributed by atoms with Crippen molar-refractivity contribution < 1.29 is 9.90 Å². The number of phenolic OH excluding ortho intramolecular Hbond substituents is 1. The van der Waals surface area contributed by atoms with Crippen LogP contribution in [0.3, 0.4) is 0 Å². The predicted molar refractivity (Wildman–Crippen MR) is 112 cm³/mol. The van der Waals surface area contributed by atoms with Crippen LogP contribution in [0.5, 0.6) is 5.75 Å². The molecular formula is C22H15BrClNO2. The second-order valence-electron chi connectivity index (χ2n) is 6.33. The maximum atomic E-state index is 13.4. The zero-order chi connectivity index (χ0) is 19.1. The summed E-state index contributed by atoms with van der Waals surface area (Å²) in [6.45, 7) is 1.94. The molecule has 0 bridgehead atoms. The van der Waals surface area contributed by atoms with E-state index >= 15 is 0 Å². The average Bonchev–Trinajstić information content (AvgIpc) is 2.97. The van der Waals surface area contributed by atoms with E-state index in [0.29, 0.717) is 16.3 Å². The van der Waals surface area contributed by atoms with Gasteiger partial charge in [-0.05, 0) is 76.4 Å². The third kappa shape index (κ3) is 3.05. The molecule has 4 rings (SSSR count). The number of ketones is 1. The average molecular weight is 441 g/mol. The van der Waals surface area contributed by atoms with E-state index in [4.69, 9.17) is 11.6 Å². The molecule has 0 fully saturated rings. The molecular weight excluding hydrogens is 426 g/mol. The molecule has 0 amide bonds. The smallest absolute Gasteiger partial charge is 0.210 e. The first-order valence-electron chi connectivity index (χ1n) is 8.36. The minimum atomic E-state index is -0.131. The van der Waals surface area contributed by atoms with Crippen LogP contribution in [0.25, 0.3) is 16.6 Å². The maximum absolute atomic E-state index is 13.4. The summed E-state index contributed by atoms with van der Waals surface area (Å²) in [4.78, 5) is 13.4.